The molecule has 2 heterocycles. The number of fused-ring (bicyclic) bond motifs is 5. The van der Waals surface area contributed by atoms with E-state index in [2.05, 4.69) is 50.2 Å². The van der Waals surface area contributed by atoms with Crippen molar-refractivity contribution in [2.24, 2.45) is 0 Å². The molecule has 2 aromatic carbocycles. The van der Waals surface area contributed by atoms with Crippen LogP contribution in [-0.4, -0.2) is 6.16 Å². The average Bonchev–Trinajstić information content (AvgIpc) is 3.06. The molecule has 1 unspecified atom stereocenters. The van der Waals surface area contributed by atoms with Gasteiger partial charge in [0.15, 0.2) is 0 Å². The first-order valence-electron chi connectivity index (χ1n) is 7.31. The molecule has 0 bridgehead atoms. The summed E-state index contributed by atoms with van der Waals surface area (Å²) in [5.41, 5.74) is 0. The second kappa shape index (κ2) is 5.35. The van der Waals surface area contributed by atoms with Crippen LogP contribution in [0.4, 0.5) is 0 Å². The quantitative estimate of drug-likeness (QED) is 0.364. The fourth-order valence-electron chi connectivity index (χ4n) is 2.96. The number of thiophene rings is 2. The van der Waals surface area contributed by atoms with Gasteiger partial charge in [-0.1, -0.05) is 19.1 Å². The Morgan fingerprint density at radius 1 is 0.857 bits per heavy atom. The van der Waals surface area contributed by atoms with Crippen LogP contribution in [0.5, 0.6) is 0 Å². The van der Waals surface area contributed by atoms with Crippen molar-refractivity contribution in [2.75, 3.05) is 6.16 Å². The Labute approximate surface area is 134 Å². The number of benzene rings is 2. The molecule has 21 heavy (non-hydrogen) atoms. The molecule has 4 rings (SSSR count). The molecule has 0 aliphatic rings. The van der Waals surface area contributed by atoms with Crippen molar-refractivity contribution in [2.45, 2.75) is 20.0 Å². The second-order valence-electron chi connectivity index (χ2n) is 5.40. The topological polar surface area (TPSA) is 0 Å². The molecule has 0 amide bonds. The van der Waals surface area contributed by atoms with Gasteiger partial charge in [0, 0.05) is 29.9 Å². The van der Waals surface area contributed by atoms with Crippen molar-refractivity contribution >= 4 is 62.2 Å². The molecule has 0 saturated heterocycles. The van der Waals surface area contributed by atoms with E-state index < -0.39 is 0 Å². The van der Waals surface area contributed by atoms with Gasteiger partial charge in [-0.25, -0.2) is 0 Å². The third-order valence-electron chi connectivity index (χ3n) is 3.92. The monoisotopic (exact) mass is 328 g/mol. The number of hydrogen-bond donors (Lipinski definition) is 0. The average molecular weight is 328 g/mol. The lowest BCUT2D eigenvalue weighted by Crippen LogP contribution is -1.74. The molecule has 0 radical (unpaired) electrons. The molecule has 3 heteroatoms. The van der Waals surface area contributed by atoms with E-state index in [9.17, 15) is 0 Å². The van der Waals surface area contributed by atoms with Crippen LogP contribution < -0.4 is 0 Å². The summed E-state index contributed by atoms with van der Waals surface area (Å²) in [4.78, 5) is 2.94. The van der Waals surface area contributed by atoms with Crippen molar-refractivity contribution < 1.29 is 0 Å². The van der Waals surface area contributed by atoms with E-state index in [0.717, 1.165) is 8.58 Å². The Morgan fingerprint density at radius 3 is 2.24 bits per heavy atom. The summed E-state index contributed by atoms with van der Waals surface area (Å²) in [6.07, 6.45) is 2.54. The van der Waals surface area contributed by atoms with E-state index in [1.54, 1.807) is 4.88 Å². The molecule has 1 atom stereocenters. The van der Waals surface area contributed by atoms with E-state index in [1.165, 1.54) is 48.1 Å². The zero-order chi connectivity index (χ0) is 14.4. The van der Waals surface area contributed by atoms with E-state index in [4.69, 9.17) is 0 Å². The van der Waals surface area contributed by atoms with Gasteiger partial charge in [-0.15, -0.1) is 31.3 Å². The molecule has 0 aliphatic carbocycles. The van der Waals surface area contributed by atoms with Gasteiger partial charge in [0.25, 0.3) is 0 Å². The van der Waals surface area contributed by atoms with E-state index in [1.807, 2.05) is 22.7 Å². The highest BCUT2D eigenvalue weighted by molar-refractivity contribution is 7.38. The Kier molecular flexibility index (Phi) is 3.49. The summed E-state index contributed by atoms with van der Waals surface area (Å²) in [6, 6.07) is 14.0. The van der Waals surface area contributed by atoms with Gasteiger partial charge in [0.2, 0.25) is 0 Å². The maximum Gasteiger partial charge on any atom is 0.0352 e. The maximum absolute atomic E-state index is 2.43. The predicted molar refractivity (Wildman–Crippen MR) is 102 cm³/mol. The fourth-order valence-corrected chi connectivity index (χ4v) is 5.97. The Hall–Kier alpha value is -0.950. The number of aryl methyl sites for hydroxylation is 1. The first kappa shape index (κ1) is 13.7. The molecular formula is C18H17PS2. The van der Waals surface area contributed by atoms with E-state index >= 15 is 0 Å². The smallest absolute Gasteiger partial charge is 0.0352 e. The molecule has 106 valence electrons. The SMILES string of the molecule is CCPCc1cc2c(ccc3c4cc(C)sc4ccc23)s1. The van der Waals surface area contributed by atoms with Crippen LogP contribution in [0, 0.1) is 6.92 Å². The van der Waals surface area contributed by atoms with Crippen LogP contribution in [-0.2, 0) is 6.16 Å². The molecule has 0 nitrogen and oxygen atoms in total. The summed E-state index contributed by atoms with van der Waals surface area (Å²) in [5.74, 6) is 0. The summed E-state index contributed by atoms with van der Waals surface area (Å²) in [6.45, 7) is 4.47. The standard InChI is InChI=1S/C18H17PS2/c1-3-19-10-12-9-16-14-4-6-17-15(8-11(2)20-17)13(14)5-7-18(16)21-12/h4-9,19H,3,10H2,1-2H3. The van der Waals surface area contributed by atoms with Crippen molar-refractivity contribution in [1.29, 1.82) is 0 Å². The lowest BCUT2D eigenvalue weighted by Gasteiger charge is -2.01. The van der Waals surface area contributed by atoms with Crippen molar-refractivity contribution in [3.05, 3.63) is 46.2 Å². The third-order valence-corrected chi connectivity index (χ3v) is 7.42. The highest BCUT2D eigenvalue weighted by Crippen LogP contribution is 2.38. The van der Waals surface area contributed by atoms with Gasteiger partial charge < -0.3 is 0 Å². The molecule has 4 aromatic rings. The van der Waals surface area contributed by atoms with Crippen molar-refractivity contribution in [1.82, 2.24) is 0 Å². The van der Waals surface area contributed by atoms with Crippen molar-refractivity contribution in [3.63, 3.8) is 0 Å². The van der Waals surface area contributed by atoms with Gasteiger partial charge in [0.05, 0.1) is 0 Å². The lowest BCUT2D eigenvalue weighted by atomic mass is 10.0. The van der Waals surface area contributed by atoms with Gasteiger partial charge >= 0.3 is 0 Å². The molecule has 0 fully saturated rings. The van der Waals surface area contributed by atoms with Gasteiger partial charge in [-0.3, -0.25) is 0 Å². The first-order chi connectivity index (χ1) is 10.3. The lowest BCUT2D eigenvalue weighted by molar-refractivity contribution is 1.45. The third kappa shape index (κ3) is 2.30. The molecule has 2 aromatic heterocycles. The second-order valence-corrected chi connectivity index (χ2v) is 9.42. The summed E-state index contributed by atoms with van der Waals surface area (Å²) < 4.78 is 2.84. The summed E-state index contributed by atoms with van der Waals surface area (Å²) in [7, 11) is 1.05. The zero-order valence-corrected chi connectivity index (χ0v) is 14.8. The van der Waals surface area contributed by atoms with Crippen LogP contribution in [0.25, 0.3) is 30.9 Å². The Bertz CT molecular complexity index is 946. The molecule has 0 aliphatic heterocycles. The van der Waals surface area contributed by atoms with Crippen LogP contribution in [0.1, 0.15) is 16.7 Å². The van der Waals surface area contributed by atoms with Crippen LogP contribution in [0.3, 0.4) is 0 Å². The zero-order valence-electron chi connectivity index (χ0n) is 12.2. The molecule has 0 N–H and O–H groups in total. The molecular weight excluding hydrogens is 311 g/mol. The predicted octanol–water partition coefficient (Wildman–Crippen LogP) is 6.78. The van der Waals surface area contributed by atoms with Crippen molar-refractivity contribution in [3.8, 4) is 0 Å². The van der Waals surface area contributed by atoms with Crippen LogP contribution in [0.15, 0.2) is 36.4 Å². The fraction of sp³-hybridized carbons (Fsp3) is 0.222. The number of hydrogen-bond acceptors (Lipinski definition) is 2. The van der Waals surface area contributed by atoms with E-state index in [0.29, 0.717) is 0 Å². The Morgan fingerprint density at radius 2 is 1.52 bits per heavy atom. The molecule has 0 spiro atoms. The minimum atomic E-state index is 1.05. The van der Waals surface area contributed by atoms with Crippen LogP contribution in [0.2, 0.25) is 0 Å². The minimum Gasteiger partial charge on any atom is -0.141 e. The summed E-state index contributed by atoms with van der Waals surface area (Å²) >= 11 is 3.86. The Balaban J connectivity index is 1.99. The highest BCUT2D eigenvalue weighted by atomic mass is 32.1. The van der Waals surface area contributed by atoms with Gasteiger partial charge in [0.1, 0.15) is 0 Å². The first-order valence-corrected chi connectivity index (χ1v) is 10.4. The highest BCUT2D eigenvalue weighted by Gasteiger charge is 2.09. The summed E-state index contributed by atoms with van der Waals surface area (Å²) in [5, 5.41) is 5.69. The normalized spacial score (nSPS) is 12.5. The molecule has 0 saturated carbocycles. The number of rotatable bonds is 3. The maximum atomic E-state index is 2.43. The van der Waals surface area contributed by atoms with E-state index in [-0.39, 0.29) is 0 Å². The van der Waals surface area contributed by atoms with Crippen LogP contribution >= 0.6 is 31.3 Å². The van der Waals surface area contributed by atoms with Gasteiger partial charge in [-0.05, 0) is 54.3 Å². The largest absolute Gasteiger partial charge is 0.141 e. The van der Waals surface area contributed by atoms with Gasteiger partial charge in [-0.2, -0.15) is 0 Å². The minimum absolute atomic E-state index is 1.05.